The quantitative estimate of drug-likeness (QED) is 0.721. The van der Waals surface area contributed by atoms with Gasteiger partial charge < -0.3 is 5.11 Å². The first kappa shape index (κ1) is 14.3. The van der Waals surface area contributed by atoms with Gasteiger partial charge in [0.15, 0.2) is 9.59 Å². The number of hydrogen-bond donors (Lipinski definition) is 1. The Kier molecular flexibility index (Phi) is 4.10. The summed E-state index contributed by atoms with van der Waals surface area (Å²) in [6, 6.07) is 10.7. The van der Waals surface area contributed by atoms with Gasteiger partial charge in [0.2, 0.25) is 0 Å². The Labute approximate surface area is 133 Å². The molecule has 0 radical (unpaired) electrons. The van der Waals surface area contributed by atoms with Gasteiger partial charge in [-0.05, 0) is 30.3 Å². The molecule has 0 aliphatic rings. The highest BCUT2D eigenvalue weighted by Crippen LogP contribution is 2.39. The summed E-state index contributed by atoms with van der Waals surface area (Å²) in [6.45, 7) is 0. The normalized spacial score (nSPS) is 12.4. The van der Waals surface area contributed by atoms with E-state index in [1.54, 1.807) is 36.5 Å². The third-order valence-electron chi connectivity index (χ3n) is 2.73. The van der Waals surface area contributed by atoms with E-state index in [0.29, 0.717) is 15.1 Å². The van der Waals surface area contributed by atoms with E-state index in [9.17, 15) is 9.90 Å². The van der Waals surface area contributed by atoms with Gasteiger partial charge in [0.1, 0.15) is 0 Å². The second-order valence-corrected chi connectivity index (χ2v) is 7.00. The lowest BCUT2D eigenvalue weighted by atomic mass is 10.3. The standard InChI is InChI=1S/C14H9ClN2O2S2/c15-8-4-5-11-10(7-8)17-14(20-11)21-12(13(18)19)9-3-1-2-6-16-9/h1-7,12H,(H,18,19). The maximum absolute atomic E-state index is 11.5. The predicted molar refractivity (Wildman–Crippen MR) is 85.1 cm³/mol. The average Bonchev–Trinajstić information content (AvgIpc) is 2.87. The number of nitrogens with zero attached hydrogens (tertiary/aromatic N) is 2. The molecule has 7 heteroatoms. The molecule has 106 valence electrons. The Morgan fingerprint density at radius 1 is 1.33 bits per heavy atom. The number of carbonyl (C=O) groups is 1. The van der Waals surface area contributed by atoms with E-state index < -0.39 is 11.2 Å². The van der Waals surface area contributed by atoms with Crippen LogP contribution in [-0.2, 0) is 4.79 Å². The van der Waals surface area contributed by atoms with Gasteiger partial charge in [0, 0.05) is 11.2 Å². The molecule has 21 heavy (non-hydrogen) atoms. The molecular formula is C14H9ClN2O2S2. The van der Waals surface area contributed by atoms with Crippen LogP contribution in [0, 0.1) is 0 Å². The van der Waals surface area contributed by atoms with Gasteiger partial charge in [-0.1, -0.05) is 29.4 Å². The van der Waals surface area contributed by atoms with Gasteiger partial charge in [-0.15, -0.1) is 11.3 Å². The summed E-state index contributed by atoms with van der Waals surface area (Å²) in [7, 11) is 0. The molecule has 0 saturated carbocycles. The van der Waals surface area contributed by atoms with Crippen LogP contribution in [0.5, 0.6) is 0 Å². The van der Waals surface area contributed by atoms with Gasteiger partial charge in [-0.25, -0.2) is 4.98 Å². The maximum Gasteiger partial charge on any atom is 0.323 e. The van der Waals surface area contributed by atoms with E-state index >= 15 is 0 Å². The Bertz CT molecular complexity index is 792. The fraction of sp³-hybridized carbons (Fsp3) is 0.0714. The number of thioether (sulfide) groups is 1. The van der Waals surface area contributed by atoms with Gasteiger partial charge in [0.25, 0.3) is 0 Å². The number of benzene rings is 1. The minimum absolute atomic E-state index is 0.507. The lowest BCUT2D eigenvalue weighted by molar-refractivity contribution is -0.136. The number of thiazole rings is 1. The van der Waals surface area contributed by atoms with Crippen molar-refractivity contribution in [2.24, 2.45) is 0 Å². The van der Waals surface area contributed by atoms with Crippen molar-refractivity contribution in [2.45, 2.75) is 9.59 Å². The van der Waals surface area contributed by atoms with Gasteiger partial charge in [0.05, 0.1) is 15.9 Å². The first-order valence-corrected chi connectivity index (χ1v) is 8.07. The Hall–Kier alpha value is -1.63. The number of rotatable bonds is 4. The minimum atomic E-state index is -0.934. The van der Waals surface area contributed by atoms with Gasteiger partial charge in [-0.3, -0.25) is 9.78 Å². The second kappa shape index (κ2) is 6.01. The second-order valence-electron chi connectivity index (χ2n) is 4.18. The fourth-order valence-electron chi connectivity index (χ4n) is 1.80. The minimum Gasteiger partial charge on any atom is -0.480 e. The summed E-state index contributed by atoms with van der Waals surface area (Å²) in [5.74, 6) is -0.934. The van der Waals surface area contributed by atoms with Crippen molar-refractivity contribution in [1.29, 1.82) is 0 Å². The molecular weight excluding hydrogens is 328 g/mol. The molecule has 0 fully saturated rings. The highest BCUT2D eigenvalue weighted by molar-refractivity contribution is 8.02. The van der Waals surface area contributed by atoms with Crippen LogP contribution < -0.4 is 0 Å². The van der Waals surface area contributed by atoms with E-state index in [1.807, 2.05) is 6.07 Å². The van der Waals surface area contributed by atoms with E-state index in [1.165, 1.54) is 23.1 Å². The van der Waals surface area contributed by atoms with Crippen LogP contribution >= 0.6 is 34.7 Å². The zero-order chi connectivity index (χ0) is 14.8. The molecule has 0 amide bonds. The zero-order valence-corrected chi connectivity index (χ0v) is 13.0. The van der Waals surface area contributed by atoms with Gasteiger partial charge in [-0.2, -0.15) is 0 Å². The van der Waals surface area contributed by atoms with Crippen molar-refractivity contribution < 1.29 is 9.90 Å². The predicted octanol–water partition coefficient (Wildman–Crippen LogP) is 4.26. The van der Waals surface area contributed by atoms with Crippen LogP contribution in [0.3, 0.4) is 0 Å². The number of aliphatic carboxylic acids is 1. The number of hydrogen-bond acceptors (Lipinski definition) is 5. The molecule has 0 aliphatic carbocycles. The highest BCUT2D eigenvalue weighted by Gasteiger charge is 2.24. The van der Waals surface area contributed by atoms with Crippen LogP contribution in [0.2, 0.25) is 5.02 Å². The third-order valence-corrected chi connectivity index (χ3v) is 5.31. The van der Waals surface area contributed by atoms with E-state index in [4.69, 9.17) is 11.6 Å². The fourth-order valence-corrected chi connectivity index (χ4v) is 4.11. The molecule has 3 aromatic rings. The van der Waals surface area contributed by atoms with Crippen LogP contribution in [0.25, 0.3) is 10.2 Å². The smallest absolute Gasteiger partial charge is 0.323 e. The molecule has 1 N–H and O–H groups in total. The van der Waals surface area contributed by atoms with Crippen molar-refractivity contribution in [2.75, 3.05) is 0 Å². The summed E-state index contributed by atoms with van der Waals surface area (Å²) in [5.41, 5.74) is 1.28. The average molecular weight is 337 g/mol. The van der Waals surface area contributed by atoms with Crippen molar-refractivity contribution in [3.8, 4) is 0 Å². The van der Waals surface area contributed by atoms with Crippen LogP contribution in [0.1, 0.15) is 10.9 Å². The monoisotopic (exact) mass is 336 g/mol. The molecule has 2 heterocycles. The van der Waals surface area contributed by atoms with Crippen molar-refractivity contribution in [3.05, 3.63) is 53.3 Å². The SMILES string of the molecule is O=C(O)C(Sc1nc2cc(Cl)ccc2s1)c1ccccn1. The van der Waals surface area contributed by atoms with E-state index in [-0.39, 0.29) is 0 Å². The number of carboxylic acids is 1. The number of aromatic nitrogens is 2. The first-order chi connectivity index (χ1) is 10.1. The third kappa shape index (κ3) is 3.18. The topological polar surface area (TPSA) is 63.1 Å². The Morgan fingerprint density at radius 3 is 2.90 bits per heavy atom. The summed E-state index contributed by atoms with van der Waals surface area (Å²) >= 11 is 8.57. The van der Waals surface area contributed by atoms with Crippen molar-refractivity contribution in [1.82, 2.24) is 9.97 Å². The first-order valence-electron chi connectivity index (χ1n) is 6.00. The van der Waals surface area contributed by atoms with Crippen molar-refractivity contribution in [3.63, 3.8) is 0 Å². The van der Waals surface area contributed by atoms with Gasteiger partial charge >= 0.3 is 5.97 Å². The summed E-state index contributed by atoms with van der Waals surface area (Å²) in [6.07, 6.45) is 1.59. The molecule has 1 unspecified atom stereocenters. The molecule has 2 aromatic heterocycles. The number of fused-ring (bicyclic) bond motifs is 1. The largest absolute Gasteiger partial charge is 0.480 e. The van der Waals surface area contributed by atoms with E-state index in [2.05, 4.69) is 9.97 Å². The highest BCUT2D eigenvalue weighted by atomic mass is 35.5. The molecule has 0 aliphatic heterocycles. The maximum atomic E-state index is 11.5. The molecule has 0 spiro atoms. The molecule has 0 bridgehead atoms. The lowest BCUT2D eigenvalue weighted by Gasteiger charge is -2.08. The molecule has 1 aromatic carbocycles. The van der Waals surface area contributed by atoms with Crippen LogP contribution in [0.15, 0.2) is 46.9 Å². The van der Waals surface area contributed by atoms with Crippen LogP contribution in [-0.4, -0.2) is 21.0 Å². The van der Waals surface area contributed by atoms with Crippen molar-refractivity contribution >= 4 is 50.9 Å². The molecule has 3 rings (SSSR count). The molecule has 1 atom stereocenters. The Morgan fingerprint density at radius 2 is 2.19 bits per heavy atom. The van der Waals surface area contributed by atoms with Crippen LogP contribution in [0.4, 0.5) is 0 Å². The molecule has 4 nitrogen and oxygen atoms in total. The zero-order valence-electron chi connectivity index (χ0n) is 10.6. The number of halogens is 1. The Balaban J connectivity index is 1.93. The number of pyridine rings is 1. The summed E-state index contributed by atoms with van der Waals surface area (Å²) < 4.78 is 1.66. The lowest BCUT2D eigenvalue weighted by Crippen LogP contribution is -2.09. The number of carboxylic acid groups (broad SMARTS) is 1. The molecule has 0 saturated heterocycles. The summed E-state index contributed by atoms with van der Waals surface area (Å²) in [4.78, 5) is 20.0. The van der Waals surface area contributed by atoms with E-state index in [0.717, 1.165) is 10.2 Å². The summed E-state index contributed by atoms with van der Waals surface area (Å²) in [5, 5.41) is 9.24.